The summed E-state index contributed by atoms with van der Waals surface area (Å²) in [5.41, 5.74) is 2.41. The summed E-state index contributed by atoms with van der Waals surface area (Å²) in [6.45, 7) is 3.25. The Balaban J connectivity index is 2.34. The maximum Gasteiger partial charge on any atom is 0.469 e. The number of esters is 1. The molecule has 3 N–H and O–H groups in total. The minimum absolute atomic E-state index is 0.0925. The molecule has 1 aromatic carbocycles. The number of allylic oxidation sites excluding steroid dienone is 1. The highest BCUT2D eigenvalue weighted by Gasteiger charge is 2.31. The molecule has 0 unspecified atom stereocenters. The lowest BCUT2D eigenvalue weighted by molar-refractivity contribution is 0.0532. The molecule has 132 valence electrons. The minimum Gasteiger partial charge on any atom is -0.507 e. The minimum atomic E-state index is -4.54. The van der Waals surface area contributed by atoms with Crippen LogP contribution in [-0.2, 0) is 26.9 Å². The van der Waals surface area contributed by atoms with Gasteiger partial charge in [-0.15, -0.1) is 0 Å². The predicted octanol–water partition coefficient (Wildman–Crippen LogP) is 1.98. The maximum atomic E-state index is 11.8. The Morgan fingerprint density at radius 1 is 1.42 bits per heavy atom. The standard InChI is InChI=1S/C15H19O8P/c1-8(6-23-24(18,19)20)4-5-10-13(16)12-11(7-22-15(12)17)9(2)14(10)21-3/h4,16H,5-7H2,1-3H3,(H2,18,19,20)/b8-4+. The van der Waals surface area contributed by atoms with Crippen LogP contribution >= 0.6 is 7.82 Å². The Bertz CT molecular complexity index is 747. The third-order valence-corrected chi connectivity index (χ3v) is 4.23. The number of phenolic OH excluding ortho intramolecular Hbond substituents is 1. The van der Waals surface area contributed by atoms with Crippen molar-refractivity contribution >= 4 is 13.8 Å². The summed E-state index contributed by atoms with van der Waals surface area (Å²) in [7, 11) is -3.08. The molecule has 0 saturated heterocycles. The summed E-state index contributed by atoms with van der Waals surface area (Å²) >= 11 is 0. The van der Waals surface area contributed by atoms with E-state index < -0.39 is 13.8 Å². The molecule has 0 fully saturated rings. The number of ether oxygens (including phenoxy) is 2. The van der Waals surface area contributed by atoms with Gasteiger partial charge in [0.1, 0.15) is 23.7 Å². The molecule has 0 bridgehead atoms. The van der Waals surface area contributed by atoms with Crippen molar-refractivity contribution in [3.05, 3.63) is 33.9 Å². The van der Waals surface area contributed by atoms with E-state index in [-0.39, 0.29) is 30.9 Å². The Morgan fingerprint density at radius 2 is 2.08 bits per heavy atom. The van der Waals surface area contributed by atoms with Gasteiger partial charge in [-0.2, -0.15) is 0 Å². The number of methoxy groups -OCH3 is 1. The quantitative estimate of drug-likeness (QED) is 0.401. The Kier molecular flexibility index (Phi) is 5.35. The highest BCUT2D eigenvalue weighted by molar-refractivity contribution is 7.46. The van der Waals surface area contributed by atoms with Crippen LogP contribution in [0.2, 0.25) is 0 Å². The van der Waals surface area contributed by atoms with Crippen molar-refractivity contribution in [3.8, 4) is 11.5 Å². The van der Waals surface area contributed by atoms with Crippen molar-refractivity contribution in [2.75, 3.05) is 13.7 Å². The smallest absolute Gasteiger partial charge is 0.469 e. The fraction of sp³-hybridized carbons (Fsp3) is 0.400. The monoisotopic (exact) mass is 358 g/mol. The van der Waals surface area contributed by atoms with E-state index >= 15 is 0 Å². The number of aromatic hydroxyl groups is 1. The number of carbonyl (C=O) groups excluding carboxylic acids is 1. The summed E-state index contributed by atoms with van der Waals surface area (Å²) in [6, 6.07) is 0. The zero-order valence-corrected chi connectivity index (χ0v) is 14.4. The van der Waals surface area contributed by atoms with Gasteiger partial charge in [0, 0.05) is 11.1 Å². The molecular formula is C15H19O8P. The molecule has 0 atom stereocenters. The SMILES string of the molecule is COc1c(C)c2c(c(O)c1C/C=C(\C)COP(=O)(O)O)C(=O)OC2. The van der Waals surface area contributed by atoms with Crippen LogP contribution in [0.1, 0.15) is 34.0 Å². The molecule has 1 aliphatic rings. The molecule has 1 aliphatic heterocycles. The topological polar surface area (TPSA) is 123 Å². The number of carbonyl (C=O) groups is 1. The van der Waals surface area contributed by atoms with E-state index in [1.807, 2.05) is 0 Å². The summed E-state index contributed by atoms with van der Waals surface area (Å²) in [5, 5.41) is 10.4. The molecule has 9 heteroatoms. The first-order chi connectivity index (χ1) is 11.2. The molecule has 24 heavy (non-hydrogen) atoms. The first kappa shape index (κ1) is 18.5. The van der Waals surface area contributed by atoms with Crippen molar-refractivity contribution in [2.45, 2.75) is 26.9 Å². The summed E-state index contributed by atoms with van der Waals surface area (Å²) < 4.78 is 25.4. The van der Waals surface area contributed by atoms with E-state index in [9.17, 15) is 14.5 Å². The number of hydrogen-bond acceptors (Lipinski definition) is 6. The highest BCUT2D eigenvalue weighted by Crippen LogP contribution is 2.42. The van der Waals surface area contributed by atoms with Gasteiger partial charge in [-0.3, -0.25) is 4.52 Å². The molecule has 0 amide bonds. The van der Waals surface area contributed by atoms with Gasteiger partial charge in [0.2, 0.25) is 0 Å². The second-order valence-electron chi connectivity index (χ2n) is 5.43. The lowest BCUT2D eigenvalue weighted by atomic mass is 9.95. The molecule has 8 nitrogen and oxygen atoms in total. The molecule has 2 rings (SSSR count). The van der Waals surface area contributed by atoms with E-state index in [4.69, 9.17) is 19.3 Å². The number of phosphoric ester groups is 1. The molecule has 0 aliphatic carbocycles. The molecule has 0 aromatic heterocycles. The van der Waals surface area contributed by atoms with Gasteiger partial charge in [0.05, 0.1) is 13.7 Å². The van der Waals surface area contributed by atoms with Gasteiger partial charge in [0.25, 0.3) is 0 Å². The summed E-state index contributed by atoms with van der Waals surface area (Å²) in [4.78, 5) is 29.2. The van der Waals surface area contributed by atoms with Crippen molar-refractivity contribution in [2.24, 2.45) is 0 Å². The van der Waals surface area contributed by atoms with E-state index in [1.54, 1.807) is 19.9 Å². The van der Waals surface area contributed by atoms with Crippen LogP contribution in [-0.4, -0.2) is 34.6 Å². The first-order valence-corrected chi connectivity index (χ1v) is 8.62. The van der Waals surface area contributed by atoms with Crippen LogP contribution in [0.3, 0.4) is 0 Å². The summed E-state index contributed by atoms with van der Waals surface area (Å²) in [6.07, 6.45) is 1.84. The van der Waals surface area contributed by atoms with Crippen LogP contribution in [0.4, 0.5) is 0 Å². The zero-order valence-electron chi connectivity index (χ0n) is 13.5. The average molecular weight is 358 g/mol. The van der Waals surface area contributed by atoms with E-state index in [0.717, 1.165) is 0 Å². The third kappa shape index (κ3) is 3.79. The van der Waals surface area contributed by atoms with Crippen molar-refractivity contribution in [3.63, 3.8) is 0 Å². The van der Waals surface area contributed by atoms with Crippen molar-refractivity contribution < 1.29 is 38.3 Å². The fourth-order valence-electron chi connectivity index (χ4n) is 2.55. The fourth-order valence-corrected chi connectivity index (χ4v) is 2.92. The van der Waals surface area contributed by atoms with Gasteiger partial charge < -0.3 is 24.4 Å². The van der Waals surface area contributed by atoms with Crippen LogP contribution in [0.25, 0.3) is 0 Å². The predicted molar refractivity (Wildman–Crippen MR) is 84.0 cm³/mol. The third-order valence-electron chi connectivity index (χ3n) is 3.76. The Labute approximate surface area is 138 Å². The zero-order chi connectivity index (χ0) is 18.1. The molecule has 1 heterocycles. The molecule has 1 aromatic rings. The van der Waals surface area contributed by atoms with Crippen LogP contribution in [0, 0.1) is 6.92 Å². The van der Waals surface area contributed by atoms with E-state index in [0.29, 0.717) is 28.0 Å². The van der Waals surface area contributed by atoms with Gasteiger partial charge in [-0.25, -0.2) is 9.36 Å². The lowest BCUT2D eigenvalue weighted by Crippen LogP contribution is -2.03. The lowest BCUT2D eigenvalue weighted by Gasteiger charge is -2.15. The largest absolute Gasteiger partial charge is 0.507 e. The van der Waals surface area contributed by atoms with Crippen LogP contribution in [0.5, 0.6) is 11.5 Å². The number of phosphoric acid groups is 1. The molecule has 0 saturated carbocycles. The van der Waals surface area contributed by atoms with Crippen molar-refractivity contribution in [1.82, 2.24) is 0 Å². The Morgan fingerprint density at radius 3 is 2.67 bits per heavy atom. The normalized spacial score (nSPS) is 14.5. The Hall–Kier alpha value is -1.86. The van der Waals surface area contributed by atoms with Gasteiger partial charge in [0.15, 0.2) is 0 Å². The average Bonchev–Trinajstić information content (AvgIpc) is 2.89. The maximum absolute atomic E-state index is 11.8. The summed E-state index contributed by atoms with van der Waals surface area (Å²) in [5.74, 6) is -0.334. The van der Waals surface area contributed by atoms with E-state index in [1.165, 1.54) is 7.11 Å². The second-order valence-corrected chi connectivity index (χ2v) is 6.67. The molecule has 0 radical (unpaired) electrons. The van der Waals surface area contributed by atoms with Crippen LogP contribution in [0.15, 0.2) is 11.6 Å². The number of phenols is 1. The second kappa shape index (κ2) is 6.94. The number of rotatable bonds is 6. The highest BCUT2D eigenvalue weighted by atomic mass is 31.2. The number of cyclic esters (lactones) is 1. The van der Waals surface area contributed by atoms with Gasteiger partial charge in [-0.05, 0) is 25.8 Å². The van der Waals surface area contributed by atoms with Crippen LogP contribution < -0.4 is 4.74 Å². The first-order valence-electron chi connectivity index (χ1n) is 7.09. The number of benzene rings is 1. The number of fused-ring (bicyclic) bond motifs is 1. The number of hydrogen-bond donors (Lipinski definition) is 3. The van der Waals surface area contributed by atoms with Crippen molar-refractivity contribution in [1.29, 1.82) is 0 Å². The van der Waals surface area contributed by atoms with Gasteiger partial charge in [-0.1, -0.05) is 11.6 Å². The van der Waals surface area contributed by atoms with Gasteiger partial charge >= 0.3 is 13.8 Å². The molecular weight excluding hydrogens is 339 g/mol. The van der Waals surface area contributed by atoms with E-state index in [2.05, 4.69) is 4.52 Å². The molecule has 0 spiro atoms.